The molecule has 2 aromatic carbocycles. The van der Waals surface area contributed by atoms with Gasteiger partial charge < -0.3 is 14.8 Å². The molecule has 112 valence electrons. The first-order valence-electron chi connectivity index (χ1n) is 7.13. The third-order valence-corrected chi connectivity index (χ3v) is 3.27. The van der Waals surface area contributed by atoms with E-state index in [9.17, 15) is 0 Å². The molecule has 1 N–H and O–H groups in total. The first kappa shape index (κ1) is 15.7. The van der Waals surface area contributed by atoms with Gasteiger partial charge in [-0.15, -0.1) is 0 Å². The van der Waals surface area contributed by atoms with Crippen LogP contribution in [0.1, 0.15) is 19.4 Å². The Bertz CT molecular complexity index is 570. The van der Waals surface area contributed by atoms with E-state index in [0.29, 0.717) is 17.4 Å². The summed E-state index contributed by atoms with van der Waals surface area (Å²) in [5.41, 5.74) is 1.04. The summed E-state index contributed by atoms with van der Waals surface area (Å²) >= 11 is 6.26. The lowest BCUT2D eigenvalue weighted by atomic mass is 10.2. The van der Waals surface area contributed by atoms with Gasteiger partial charge in [-0.25, -0.2) is 0 Å². The number of halogens is 1. The Kier molecular flexibility index (Phi) is 5.90. The molecular weight excluding hydrogens is 286 g/mol. The summed E-state index contributed by atoms with van der Waals surface area (Å²) in [5.74, 6) is 2.27. The van der Waals surface area contributed by atoms with Crippen LogP contribution in [0.3, 0.4) is 0 Å². The first-order chi connectivity index (χ1) is 10.2. The van der Waals surface area contributed by atoms with Crippen molar-refractivity contribution in [3.8, 4) is 17.2 Å². The van der Waals surface area contributed by atoms with Crippen LogP contribution in [0.25, 0.3) is 0 Å². The summed E-state index contributed by atoms with van der Waals surface area (Å²) in [7, 11) is 0. The molecule has 2 aromatic rings. The fourth-order valence-electron chi connectivity index (χ4n) is 1.96. The van der Waals surface area contributed by atoms with E-state index in [1.165, 1.54) is 0 Å². The average Bonchev–Trinajstić information content (AvgIpc) is 2.50. The molecule has 0 atom stereocenters. The lowest BCUT2D eigenvalue weighted by Crippen LogP contribution is -2.12. The van der Waals surface area contributed by atoms with E-state index in [-0.39, 0.29) is 0 Å². The molecule has 0 fully saturated rings. The molecule has 0 bridgehead atoms. The molecule has 4 heteroatoms. The van der Waals surface area contributed by atoms with E-state index >= 15 is 0 Å². The van der Waals surface area contributed by atoms with E-state index in [0.717, 1.165) is 30.2 Å². The van der Waals surface area contributed by atoms with Crippen molar-refractivity contribution >= 4 is 11.6 Å². The monoisotopic (exact) mass is 305 g/mol. The Morgan fingerprint density at radius 2 is 1.71 bits per heavy atom. The number of nitrogens with one attached hydrogen (secondary N) is 1. The van der Waals surface area contributed by atoms with Crippen molar-refractivity contribution in [1.29, 1.82) is 0 Å². The van der Waals surface area contributed by atoms with Crippen LogP contribution in [0.15, 0.2) is 42.5 Å². The Morgan fingerprint density at radius 1 is 1.00 bits per heavy atom. The standard InChI is InChI=1S/C17H20ClNO2/c1-3-19-12-13-6-5-7-16(18)17(13)21-15-10-8-14(9-11-15)20-4-2/h5-11,19H,3-4,12H2,1-2H3. The zero-order valence-electron chi connectivity index (χ0n) is 12.4. The summed E-state index contributed by atoms with van der Waals surface area (Å²) in [6.07, 6.45) is 0. The number of para-hydroxylation sites is 1. The highest BCUT2D eigenvalue weighted by atomic mass is 35.5. The number of ether oxygens (including phenoxy) is 2. The second-order valence-corrected chi connectivity index (χ2v) is 4.92. The van der Waals surface area contributed by atoms with Crippen LogP contribution < -0.4 is 14.8 Å². The van der Waals surface area contributed by atoms with Gasteiger partial charge in [-0.1, -0.05) is 30.7 Å². The molecule has 0 aliphatic carbocycles. The van der Waals surface area contributed by atoms with E-state index in [1.54, 1.807) is 0 Å². The van der Waals surface area contributed by atoms with E-state index < -0.39 is 0 Å². The van der Waals surface area contributed by atoms with Crippen molar-refractivity contribution in [2.75, 3.05) is 13.2 Å². The zero-order chi connectivity index (χ0) is 15.1. The number of hydrogen-bond donors (Lipinski definition) is 1. The zero-order valence-corrected chi connectivity index (χ0v) is 13.1. The van der Waals surface area contributed by atoms with Gasteiger partial charge in [0, 0.05) is 12.1 Å². The summed E-state index contributed by atoms with van der Waals surface area (Å²) in [5, 5.41) is 3.90. The maximum Gasteiger partial charge on any atom is 0.150 e. The van der Waals surface area contributed by atoms with Gasteiger partial charge in [0.15, 0.2) is 0 Å². The third-order valence-electron chi connectivity index (χ3n) is 2.97. The minimum atomic E-state index is 0.610. The minimum absolute atomic E-state index is 0.610. The number of hydrogen-bond acceptors (Lipinski definition) is 3. The molecular formula is C17H20ClNO2. The van der Waals surface area contributed by atoms with Crippen molar-refractivity contribution < 1.29 is 9.47 Å². The topological polar surface area (TPSA) is 30.5 Å². The normalized spacial score (nSPS) is 10.4. The van der Waals surface area contributed by atoms with E-state index in [2.05, 4.69) is 12.2 Å². The predicted octanol–water partition coefficient (Wildman–Crippen LogP) is 4.64. The van der Waals surface area contributed by atoms with E-state index in [4.69, 9.17) is 21.1 Å². The molecule has 21 heavy (non-hydrogen) atoms. The average molecular weight is 306 g/mol. The van der Waals surface area contributed by atoms with Gasteiger partial charge in [0.25, 0.3) is 0 Å². The summed E-state index contributed by atoms with van der Waals surface area (Å²) in [4.78, 5) is 0. The van der Waals surface area contributed by atoms with Gasteiger partial charge in [-0.3, -0.25) is 0 Å². The lowest BCUT2D eigenvalue weighted by Gasteiger charge is -2.13. The van der Waals surface area contributed by atoms with Crippen LogP contribution in [0.4, 0.5) is 0 Å². The van der Waals surface area contributed by atoms with Crippen LogP contribution in [0, 0.1) is 0 Å². The summed E-state index contributed by atoms with van der Waals surface area (Å²) in [6, 6.07) is 13.3. The van der Waals surface area contributed by atoms with Gasteiger partial charge >= 0.3 is 0 Å². The van der Waals surface area contributed by atoms with Crippen molar-refractivity contribution in [2.24, 2.45) is 0 Å². The molecule has 0 amide bonds. The fourth-order valence-corrected chi connectivity index (χ4v) is 2.19. The maximum absolute atomic E-state index is 6.26. The molecule has 0 aliphatic heterocycles. The van der Waals surface area contributed by atoms with Gasteiger partial charge in [0.05, 0.1) is 11.6 Å². The minimum Gasteiger partial charge on any atom is -0.494 e. The molecule has 0 heterocycles. The maximum atomic E-state index is 6.26. The lowest BCUT2D eigenvalue weighted by molar-refractivity contribution is 0.339. The molecule has 2 rings (SSSR count). The van der Waals surface area contributed by atoms with Crippen LogP contribution in [-0.4, -0.2) is 13.2 Å². The quantitative estimate of drug-likeness (QED) is 0.808. The van der Waals surface area contributed by atoms with Gasteiger partial charge in [0.2, 0.25) is 0 Å². The van der Waals surface area contributed by atoms with Crippen molar-refractivity contribution in [2.45, 2.75) is 20.4 Å². The van der Waals surface area contributed by atoms with Crippen LogP contribution in [0.2, 0.25) is 5.02 Å². The number of benzene rings is 2. The van der Waals surface area contributed by atoms with Crippen LogP contribution >= 0.6 is 11.6 Å². The summed E-state index contributed by atoms with van der Waals surface area (Å²) in [6.45, 7) is 6.30. The van der Waals surface area contributed by atoms with Crippen LogP contribution in [0.5, 0.6) is 17.2 Å². The second-order valence-electron chi connectivity index (χ2n) is 4.51. The SMILES string of the molecule is CCNCc1cccc(Cl)c1Oc1ccc(OCC)cc1. The van der Waals surface area contributed by atoms with Crippen molar-refractivity contribution in [3.05, 3.63) is 53.1 Å². The molecule has 0 saturated heterocycles. The predicted molar refractivity (Wildman–Crippen MR) is 86.5 cm³/mol. The molecule has 0 saturated carbocycles. The Morgan fingerprint density at radius 3 is 2.38 bits per heavy atom. The highest BCUT2D eigenvalue weighted by Gasteiger charge is 2.09. The van der Waals surface area contributed by atoms with E-state index in [1.807, 2.05) is 49.4 Å². The second kappa shape index (κ2) is 7.91. The molecule has 0 spiro atoms. The van der Waals surface area contributed by atoms with Crippen molar-refractivity contribution in [3.63, 3.8) is 0 Å². The Balaban J connectivity index is 2.17. The highest BCUT2D eigenvalue weighted by molar-refractivity contribution is 6.32. The molecule has 3 nitrogen and oxygen atoms in total. The molecule has 0 aromatic heterocycles. The smallest absolute Gasteiger partial charge is 0.150 e. The van der Waals surface area contributed by atoms with Crippen molar-refractivity contribution in [1.82, 2.24) is 5.32 Å². The third kappa shape index (κ3) is 4.38. The molecule has 0 aliphatic rings. The van der Waals surface area contributed by atoms with Gasteiger partial charge in [-0.2, -0.15) is 0 Å². The molecule has 0 radical (unpaired) electrons. The first-order valence-corrected chi connectivity index (χ1v) is 7.51. The fraction of sp³-hybridized carbons (Fsp3) is 0.294. The summed E-state index contributed by atoms with van der Waals surface area (Å²) < 4.78 is 11.4. The Hall–Kier alpha value is -1.71. The van der Waals surface area contributed by atoms with Gasteiger partial charge in [0.1, 0.15) is 17.2 Å². The molecule has 0 unspecified atom stereocenters. The Labute approximate surface area is 130 Å². The van der Waals surface area contributed by atoms with Gasteiger partial charge in [-0.05, 0) is 43.8 Å². The highest BCUT2D eigenvalue weighted by Crippen LogP contribution is 2.33. The van der Waals surface area contributed by atoms with Crippen LogP contribution in [-0.2, 0) is 6.54 Å². The largest absolute Gasteiger partial charge is 0.494 e. The number of rotatable bonds is 7.